The van der Waals surface area contributed by atoms with E-state index in [9.17, 15) is 13.6 Å². The van der Waals surface area contributed by atoms with Gasteiger partial charge in [0.05, 0.1) is 13.7 Å². The van der Waals surface area contributed by atoms with E-state index in [-0.39, 0.29) is 29.9 Å². The monoisotopic (exact) mass is 463 g/mol. The third-order valence-corrected chi connectivity index (χ3v) is 6.52. The lowest BCUT2D eigenvalue weighted by molar-refractivity contribution is -0.122. The second kappa shape index (κ2) is 8.88. The first kappa shape index (κ1) is 22.0. The van der Waals surface area contributed by atoms with Gasteiger partial charge in [0.25, 0.3) is 0 Å². The molecule has 2 aromatic carbocycles. The maximum absolute atomic E-state index is 14.4. The van der Waals surface area contributed by atoms with Crippen molar-refractivity contribution in [2.24, 2.45) is 0 Å². The van der Waals surface area contributed by atoms with Gasteiger partial charge < -0.3 is 15.4 Å². The van der Waals surface area contributed by atoms with Gasteiger partial charge in [0.15, 0.2) is 11.6 Å². The molecule has 0 saturated carbocycles. The van der Waals surface area contributed by atoms with Crippen molar-refractivity contribution in [3.8, 4) is 28.1 Å². The van der Waals surface area contributed by atoms with Crippen LogP contribution >= 0.6 is 0 Å². The molecule has 3 atom stereocenters. The number of nitrogens with zero attached hydrogens (tertiary/aromatic N) is 3. The van der Waals surface area contributed by atoms with Crippen molar-refractivity contribution in [3.05, 3.63) is 65.6 Å². The minimum Gasteiger partial charge on any atom is -0.494 e. The number of carbonyl (C=O) groups excluding carboxylic acids is 1. The largest absolute Gasteiger partial charge is 0.494 e. The number of fused-ring (bicyclic) bond motifs is 2. The number of nitrogens with one attached hydrogen (secondary N) is 2. The number of amides is 1. The van der Waals surface area contributed by atoms with Crippen molar-refractivity contribution in [2.45, 2.75) is 43.9 Å². The summed E-state index contributed by atoms with van der Waals surface area (Å²) >= 11 is 0. The minimum atomic E-state index is -0.671. The standard InChI is InChI=1S/C25H23F2N5O2/c1-28-20-6-3-15(10-18(20)26)25-17(14-4-8-23(34-2)19(27)9-14)12-32(31-25)13-24(33)30-22-11-16-5-7-21(22)29-16/h3-4,6,8-10,12,16,21-22,29H,5,7,11,13H2,2H3,(H,30,33). The van der Waals surface area contributed by atoms with Crippen LogP contribution in [0.1, 0.15) is 19.3 Å². The van der Waals surface area contributed by atoms with E-state index in [0.29, 0.717) is 34.5 Å². The molecule has 2 bridgehead atoms. The van der Waals surface area contributed by atoms with E-state index in [4.69, 9.17) is 11.3 Å². The van der Waals surface area contributed by atoms with Gasteiger partial charge in [0.1, 0.15) is 18.1 Å². The van der Waals surface area contributed by atoms with Crippen molar-refractivity contribution < 1.29 is 18.3 Å². The summed E-state index contributed by atoms with van der Waals surface area (Å²) in [5.74, 6) is -1.29. The molecule has 3 aromatic rings. The van der Waals surface area contributed by atoms with Crippen LogP contribution in [0, 0.1) is 18.2 Å². The molecular weight excluding hydrogens is 440 g/mol. The lowest BCUT2D eigenvalue weighted by atomic mass is 9.95. The SMILES string of the molecule is [C-]#[N+]c1ccc(-c2nn(CC(=O)NC3CC4CCC3N4)cc2-c2ccc(OC)c(F)c2)cc1F. The van der Waals surface area contributed by atoms with Crippen LogP contribution in [0.25, 0.3) is 27.2 Å². The van der Waals surface area contributed by atoms with Crippen LogP contribution in [0.3, 0.4) is 0 Å². The lowest BCUT2D eigenvalue weighted by Crippen LogP contribution is -2.44. The average Bonchev–Trinajstić information content (AvgIpc) is 3.55. The molecule has 0 aliphatic carbocycles. The third-order valence-electron chi connectivity index (χ3n) is 6.52. The molecule has 3 heterocycles. The number of hydrogen-bond acceptors (Lipinski definition) is 4. The Hall–Kier alpha value is -3.77. The van der Waals surface area contributed by atoms with Gasteiger partial charge in [-0.05, 0) is 43.0 Å². The summed E-state index contributed by atoms with van der Waals surface area (Å²) in [5, 5.41) is 11.1. The molecule has 1 amide bonds. The molecule has 0 radical (unpaired) electrons. The van der Waals surface area contributed by atoms with Crippen LogP contribution in [0.15, 0.2) is 42.6 Å². The number of carbonyl (C=O) groups is 1. The van der Waals surface area contributed by atoms with Crippen molar-refractivity contribution in [1.29, 1.82) is 0 Å². The summed E-state index contributed by atoms with van der Waals surface area (Å²) in [4.78, 5) is 15.9. The normalized spacial score (nSPS) is 20.8. The summed E-state index contributed by atoms with van der Waals surface area (Å²) in [6.45, 7) is 7.04. The third kappa shape index (κ3) is 4.13. The lowest BCUT2D eigenvalue weighted by Gasteiger charge is -2.21. The van der Waals surface area contributed by atoms with E-state index < -0.39 is 11.6 Å². The number of ether oxygens (including phenoxy) is 1. The van der Waals surface area contributed by atoms with Gasteiger partial charge in [-0.1, -0.05) is 18.2 Å². The molecule has 2 N–H and O–H groups in total. The van der Waals surface area contributed by atoms with Gasteiger partial charge in [0.2, 0.25) is 11.6 Å². The quantitative estimate of drug-likeness (QED) is 0.541. The molecule has 2 aliphatic rings. The first-order valence-corrected chi connectivity index (χ1v) is 11.1. The highest BCUT2D eigenvalue weighted by atomic mass is 19.1. The highest BCUT2D eigenvalue weighted by Crippen LogP contribution is 2.35. The zero-order valence-corrected chi connectivity index (χ0v) is 18.5. The molecule has 2 fully saturated rings. The topological polar surface area (TPSA) is 72.5 Å². The fourth-order valence-corrected chi connectivity index (χ4v) is 4.89. The van der Waals surface area contributed by atoms with E-state index in [2.05, 4.69) is 20.6 Å². The Morgan fingerprint density at radius 1 is 1.24 bits per heavy atom. The van der Waals surface area contributed by atoms with Crippen LogP contribution in [-0.2, 0) is 11.3 Å². The van der Waals surface area contributed by atoms with Gasteiger partial charge in [-0.15, -0.1) is 0 Å². The van der Waals surface area contributed by atoms with E-state index in [1.807, 2.05) is 0 Å². The molecule has 3 unspecified atom stereocenters. The highest BCUT2D eigenvalue weighted by Gasteiger charge is 2.39. The molecule has 7 nitrogen and oxygen atoms in total. The van der Waals surface area contributed by atoms with E-state index in [1.54, 1.807) is 18.3 Å². The molecule has 9 heteroatoms. The molecule has 174 valence electrons. The number of rotatable bonds is 6. The van der Waals surface area contributed by atoms with Gasteiger partial charge in [-0.25, -0.2) is 13.6 Å². The number of benzene rings is 2. The Morgan fingerprint density at radius 2 is 2.03 bits per heavy atom. The summed E-state index contributed by atoms with van der Waals surface area (Å²) in [6, 6.07) is 9.57. The molecule has 5 rings (SSSR count). The Bertz CT molecular complexity index is 1300. The summed E-state index contributed by atoms with van der Waals surface area (Å²) < 4.78 is 35.3. The molecule has 1 aromatic heterocycles. The molecule has 0 spiro atoms. The highest BCUT2D eigenvalue weighted by molar-refractivity contribution is 5.82. The molecular formula is C25H23F2N5O2. The first-order chi connectivity index (χ1) is 16.4. The Balaban J connectivity index is 1.46. The maximum atomic E-state index is 14.4. The van der Waals surface area contributed by atoms with Crippen LogP contribution in [0.4, 0.5) is 14.5 Å². The Labute approximate surface area is 195 Å². The number of hydrogen-bond donors (Lipinski definition) is 2. The van der Waals surface area contributed by atoms with Crippen LogP contribution in [-0.4, -0.2) is 40.9 Å². The minimum absolute atomic E-state index is 0.0257. The summed E-state index contributed by atoms with van der Waals surface area (Å²) in [6.07, 6.45) is 4.77. The van der Waals surface area contributed by atoms with E-state index >= 15 is 0 Å². The maximum Gasteiger partial charge on any atom is 0.242 e. The van der Waals surface area contributed by atoms with Crippen molar-refractivity contribution >= 4 is 11.6 Å². The molecule has 2 saturated heterocycles. The van der Waals surface area contributed by atoms with E-state index in [0.717, 1.165) is 19.3 Å². The predicted molar refractivity (Wildman–Crippen MR) is 122 cm³/mol. The molecule has 2 aliphatic heterocycles. The predicted octanol–water partition coefficient (Wildman–Crippen LogP) is 4.06. The fraction of sp³-hybridized carbons (Fsp3) is 0.320. The second-order valence-electron chi connectivity index (χ2n) is 8.67. The van der Waals surface area contributed by atoms with Crippen LogP contribution in [0.2, 0.25) is 0 Å². The smallest absolute Gasteiger partial charge is 0.242 e. The average molecular weight is 463 g/mol. The van der Waals surface area contributed by atoms with Crippen molar-refractivity contribution in [1.82, 2.24) is 20.4 Å². The van der Waals surface area contributed by atoms with Crippen LogP contribution < -0.4 is 15.4 Å². The fourth-order valence-electron chi connectivity index (χ4n) is 4.89. The second-order valence-corrected chi connectivity index (χ2v) is 8.67. The van der Waals surface area contributed by atoms with Gasteiger partial charge in [-0.2, -0.15) is 5.10 Å². The zero-order valence-electron chi connectivity index (χ0n) is 18.5. The molecule has 34 heavy (non-hydrogen) atoms. The zero-order chi connectivity index (χ0) is 23.8. The van der Waals surface area contributed by atoms with E-state index in [1.165, 1.54) is 36.1 Å². The van der Waals surface area contributed by atoms with Gasteiger partial charge in [-0.3, -0.25) is 9.48 Å². The number of halogens is 2. The number of aromatic nitrogens is 2. The first-order valence-electron chi connectivity index (χ1n) is 11.1. The Kier molecular flexibility index (Phi) is 5.75. The summed E-state index contributed by atoms with van der Waals surface area (Å²) in [5.41, 5.74) is 1.75. The van der Waals surface area contributed by atoms with Crippen molar-refractivity contribution in [3.63, 3.8) is 0 Å². The Morgan fingerprint density at radius 3 is 2.68 bits per heavy atom. The van der Waals surface area contributed by atoms with Gasteiger partial charge in [0, 0.05) is 35.4 Å². The van der Waals surface area contributed by atoms with Gasteiger partial charge >= 0.3 is 0 Å². The van der Waals surface area contributed by atoms with Crippen LogP contribution in [0.5, 0.6) is 5.75 Å². The number of methoxy groups -OCH3 is 1. The van der Waals surface area contributed by atoms with Crippen molar-refractivity contribution in [2.75, 3.05) is 7.11 Å². The summed E-state index contributed by atoms with van der Waals surface area (Å²) in [7, 11) is 1.38.